The topological polar surface area (TPSA) is 45.9 Å². The molecule has 1 unspecified atom stereocenters. The highest BCUT2D eigenvalue weighted by atomic mass is 32.1. The number of benzene rings is 2. The maximum atomic E-state index is 9.53. The average Bonchev–Trinajstić information content (AvgIpc) is 3.14. The lowest BCUT2D eigenvalue weighted by atomic mass is 10.1. The number of nitrogens with zero attached hydrogens (tertiary/aromatic N) is 2. The number of hydrogen-bond donors (Lipinski definition) is 0. The molecule has 0 aliphatic carbocycles. The molecule has 23 heavy (non-hydrogen) atoms. The van der Waals surface area contributed by atoms with Crippen molar-refractivity contribution in [2.24, 2.45) is 0 Å². The molecule has 0 N–H and O–H groups in total. The van der Waals surface area contributed by atoms with Crippen LogP contribution in [0.4, 0.5) is 0 Å². The smallest absolute Gasteiger partial charge is 0.135 e. The van der Waals surface area contributed by atoms with Gasteiger partial charge in [0.25, 0.3) is 0 Å². The highest BCUT2D eigenvalue weighted by Gasteiger charge is 2.18. The van der Waals surface area contributed by atoms with Gasteiger partial charge in [-0.15, -0.1) is 11.3 Å². The van der Waals surface area contributed by atoms with Crippen LogP contribution in [0, 0.1) is 11.3 Å². The Balaban J connectivity index is 1.74. The Morgan fingerprint density at radius 2 is 2.22 bits per heavy atom. The van der Waals surface area contributed by atoms with E-state index in [0.717, 1.165) is 33.0 Å². The molecule has 1 aliphatic heterocycles. The SMILES string of the molecule is CC1Cc2cc(C=C(C#N)c3nc4ccccc4s3)ccc2O1. The second-order valence-electron chi connectivity index (χ2n) is 5.66. The summed E-state index contributed by atoms with van der Waals surface area (Å²) in [4.78, 5) is 4.57. The zero-order valence-corrected chi connectivity index (χ0v) is 13.4. The Hall–Kier alpha value is -2.64. The minimum atomic E-state index is 0.226. The molecule has 2 aromatic carbocycles. The highest BCUT2D eigenvalue weighted by molar-refractivity contribution is 7.19. The number of rotatable bonds is 2. The van der Waals surface area contributed by atoms with Crippen LogP contribution < -0.4 is 4.74 Å². The zero-order chi connectivity index (χ0) is 15.8. The lowest BCUT2D eigenvalue weighted by Crippen LogP contribution is -2.05. The normalized spacial score (nSPS) is 16.9. The van der Waals surface area contributed by atoms with Gasteiger partial charge in [0.15, 0.2) is 0 Å². The summed E-state index contributed by atoms with van der Waals surface area (Å²) in [6.07, 6.45) is 3.05. The molecular formula is C19H14N2OS. The second kappa shape index (κ2) is 5.53. The Bertz CT molecular complexity index is 932. The fraction of sp³-hybridized carbons (Fsp3) is 0.158. The Kier molecular flexibility index (Phi) is 3.36. The van der Waals surface area contributed by atoms with Gasteiger partial charge in [0, 0.05) is 6.42 Å². The van der Waals surface area contributed by atoms with Gasteiger partial charge in [-0.1, -0.05) is 18.2 Å². The molecule has 2 heterocycles. The third-order valence-electron chi connectivity index (χ3n) is 3.88. The first-order valence-corrected chi connectivity index (χ1v) is 8.32. The summed E-state index contributed by atoms with van der Waals surface area (Å²) >= 11 is 1.55. The van der Waals surface area contributed by atoms with E-state index >= 15 is 0 Å². The summed E-state index contributed by atoms with van der Waals surface area (Å²) in [7, 11) is 0. The van der Waals surface area contributed by atoms with Crippen LogP contribution in [-0.2, 0) is 6.42 Å². The summed E-state index contributed by atoms with van der Waals surface area (Å²) in [5.41, 5.74) is 3.74. The van der Waals surface area contributed by atoms with Crippen LogP contribution in [0.2, 0.25) is 0 Å². The molecule has 3 aromatic rings. The lowest BCUT2D eigenvalue weighted by Gasteiger charge is -2.02. The average molecular weight is 318 g/mol. The molecule has 112 valence electrons. The lowest BCUT2D eigenvalue weighted by molar-refractivity contribution is 0.254. The number of aromatic nitrogens is 1. The molecule has 0 radical (unpaired) electrons. The Labute approximate surface area is 138 Å². The maximum absolute atomic E-state index is 9.53. The molecule has 1 atom stereocenters. The zero-order valence-electron chi connectivity index (χ0n) is 12.6. The van der Waals surface area contributed by atoms with Crippen LogP contribution in [0.5, 0.6) is 5.75 Å². The molecule has 0 bridgehead atoms. The van der Waals surface area contributed by atoms with E-state index in [1.54, 1.807) is 11.3 Å². The van der Waals surface area contributed by atoms with Gasteiger partial charge in [-0.3, -0.25) is 0 Å². The molecule has 1 aliphatic rings. The van der Waals surface area contributed by atoms with Gasteiger partial charge in [-0.25, -0.2) is 4.98 Å². The van der Waals surface area contributed by atoms with E-state index in [1.807, 2.05) is 42.5 Å². The number of ether oxygens (including phenoxy) is 1. The van der Waals surface area contributed by atoms with Crippen LogP contribution in [0.15, 0.2) is 42.5 Å². The standard InChI is InChI=1S/C19H14N2OS/c1-12-8-14-9-13(6-7-17(14)22-12)10-15(11-20)19-21-16-4-2-3-5-18(16)23-19/h2-7,9-10,12H,8H2,1H3. The summed E-state index contributed by atoms with van der Waals surface area (Å²) < 4.78 is 6.82. The van der Waals surface area contributed by atoms with E-state index in [4.69, 9.17) is 4.74 Å². The predicted octanol–water partition coefficient (Wildman–Crippen LogP) is 4.68. The van der Waals surface area contributed by atoms with Crippen LogP contribution >= 0.6 is 11.3 Å². The van der Waals surface area contributed by atoms with Crippen LogP contribution in [0.25, 0.3) is 21.9 Å². The Morgan fingerprint density at radius 1 is 1.35 bits per heavy atom. The molecule has 0 saturated carbocycles. The van der Waals surface area contributed by atoms with E-state index in [-0.39, 0.29) is 6.10 Å². The first kappa shape index (κ1) is 14.0. The summed E-state index contributed by atoms with van der Waals surface area (Å²) in [6.45, 7) is 2.07. The third-order valence-corrected chi connectivity index (χ3v) is 4.95. The van der Waals surface area contributed by atoms with E-state index in [2.05, 4.69) is 24.0 Å². The van der Waals surface area contributed by atoms with Crippen molar-refractivity contribution in [3.05, 3.63) is 58.6 Å². The van der Waals surface area contributed by atoms with Crippen LogP contribution in [-0.4, -0.2) is 11.1 Å². The molecule has 1 aromatic heterocycles. The maximum Gasteiger partial charge on any atom is 0.135 e. The van der Waals surface area contributed by atoms with Crippen molar-refractivity contribution in [1.29, 1.82) is 5.26 Å². The number of allylic oxidation sites excluding steroid dienone is 1. The molecule has 0 spiro atoms. The van der Waals surface area contributed by atoms with Gasteiger partial charge in [-0.2, -0.15) is 5.26 Å². The van der Waals surface area contributed by atoms with Crippen LogP contribution in [0.3, 0.4) is 0 Å². The van der Waals surface area contributed by atoms with Crippen molar-refractivity contribution in [3.63, 3.8) is 0 Å². The molecule has 4 heteroatoms. The van der Waals surface area contributed by atoms with Gasteiger partial charge >= 0.3 is 0 Å². The quantitative estimate of drug-likeness (QED) is 0.644. The third kappa shape index (κ3) is 2.60. The van der Waals surface area contributed by atoms with E-state index < -0.39 is 0 Å². The first-order chi connectivity index (χ1) is 11.2. The van der Waals surface area contributed by atoms with Crippen molar-refractivity contribution in [2.45, 2.75) is 19.4 Å². The fourth-order valence-electron chi connectivity index (χ4n) is 2.83. The van der Waals surface area contributed by atoms with Crippen molar-refractivity contribution in [3.8, 4) is 11.8 Å². The van der Waals surface area contributed by atoms with E-state index in [0.29, 0.717) is 5.57 Å². The molecule has 4 rings (SSSR count). The number of hydrogen-bond acceptors (Lipinski definition) is 4. The van der Waals surface area contributed by atoms with E-state index in [1.165, 1.54) is 5.56 Å². The van der Waals surface area contributed by atoms with Crippen molar-refractivity contribution >= 4 is 33.2 Å². The van der Waals surface area contributed by atoms with Crippen molar-refractivity contribution < 1.29 is 4.74 Å². The second-order valence-corrected chi connectivity index (χ2v) is 6.69. The number of nitriles is 1. The largest absolute Gasteiger partial charge is 0.490 e. The molecule has 0 amide bonds. The van der Waals surface area contributed by atoms with Crippen molar-refractivity contribution in [2.75, 3.05) is 0 Å². The van der Waals surface area contributed by atoms with Gasteiger partial charge in [0.1, 0.15) is 22.9 Å². The molecule has 3 nitrogen and oxygen atoms in total. The summed E-state index contributed by atoms with van der Waals surface area (Å²) in [5, 5.41) is 10.3. The predicted molar refractivity (Wildman–Crippen MR) is 93.3 cm³/mol. The highest BCUT2D eigenvalue weighted by Crippen LogP contribution is 2.32. The first-order valence-electron chi connectivity index (χ1n) is 7.50. The van der Waals surface area contributed by atoms with Gasteiger partial charge in [0.2, 0.25) is 0 Å². The minimum Gasteiger partial charge on any atom is -0.490 e. The minimum absolute atomic E-state index is 0.226. The van der Waals surface area contributed by atoms with Gasteiger partial charge < -0.3 is 4.74 Å². The van der Waals surface area contributed by atoms with Gasteiger partial charge in [0.05, 0.1) is 15.8 Å². The van der Waals surface area contributed by atoms with E-state index in [9.17, 15) is 5.26 Å². The summed E-state index contributed by atoms with van der Waals surface area (Å²) in [5.74, 6) is 0.952. The number of thiazole rings is 1. The molecular weight excluding hydrogens is 304 g/mol. The number of fused-ring (bicyclic) bond motifs is 2. The Morgan fingerprint density at radius 3 is 3.04 bits per heavy atom. The molecule has 0 fully saturated rings. The van der Waals surface area contributed by atoms with Gasteiger partial charge in [-0.05, 0) is 48.4 Å². The summed E-state index contributed by atoms with van der Waals surface area (Å²) in [6, 6.07) is 16.3. The van der Waals surface area contributed by atoms with Crippen molar-refractivity contribution in [1.82, 2.24) is 4.98 Å². The van der Waals surface area contributed by atoms with Crippen LogP contribution in [0.1, 0.15) is 23.1 Å². The molecule has 0 saturated heterocycles. The fourth-order valence-corrected chi connectivity index (χ4v) is 3.76. The monoisotopic (exact) mass is 318 g/mol. The number of para-hydroxylation sites is 1.